The van der Waals surface area contributed by atoms with Gasteiger partial charge in [-0.25, -0.2) is 4.79 Å². The lowest BCUT2D eigenvalue weighted by molar-refractivity contribution is -0.141. The molecule has 1 atom stereocenters. The van der Waals surface area contributed by atoms with Crippen LogP contribution in [0, 0.1) is 0 Å². The molecule has 118 valence electrons. The first kappa shape index (κ1) is 19.1. The molecule has 0 fully saturated rings. The van der Waals surface area contributed by atoms with Crippen LogP contribution in [-0.2, 0) is 14.3 Å². The van der Waals surface area contributed by atoms with E-state index in [0.717, 1.165) is 12.5 Å². The van der Waals surface area contributed by atoms with Crippen LogP contribution in [0.15, 0.2) is 12.7 Å². The maximum atomic E-state index is 10.8. The number of unbranched alkanes of at least 4 members (excludes halogenated alkanes) is 7. The molecular weight excluding hydrogens is 256 g/mol. The van der Waals surface area contributed by atoms with E-state index in [1.807, 2.05) is 0 Å². The zero-order chi connectivity index (χ0) is 15.1. The summed E-state index contributed by atoms with van der Waals surface area (Å²) in [5.74, 6) is -0.521. The quantitative estimate of drug-likeness (QED) is 0.302. The summed E-state index contributed by atoms with van der Waals surface area (Å²) in [6.07, 6.45) is 10.4. The predicted molar refractivity (Wildman–Crippen MR) is 80.6 cm³/mol. The molecule has 0 aromatic carbocycles. The van der Waals surface area contributed by atoms with E-state index < -0.39 is 12.1 Å². The normalized spacial score (nSPS) is 12.1. The summed E-state index contributed by atoms with van der Waals surface area (Å²) in [4.78, 5) is 10.8. The van der Waals surface area contributed by atoms with E-state index in [1.54, 1.807) is 0 Å². The van der Waals surface area contributed by atoms with Crippen molar-refractivity contribution in [1.29, 1.82) is 0 Å². The van der Waals surface area contributed by atoms with Crippen molar-refractivity contribution < 1.29 is 19.4 Å². The summed E-state index contributed by atoms with van der Waals surface area (Å²) in [5.41, 5.74) is 0. The van der Waals surface area contributed by atoms with Crippen molar-refractivity contribution in [2.75, 3.05) is 19.8 Å². The number of aliphatic hydroxyl groups excluding tert-OH is 1. The van der Waals surface area contributed by atoms with Gasteiger partial charge in [-0.05, 0) is 6.42 Å². The smallest absolute Gasteiger partial charge is 0.330 e. The van der Waals surface area contributed by atoms with Gasteiger partial charge in [0.15, 0.2) is 0 Å². The molecule has 0 aliphatic rings. The third-order valence-corrected chi connectivity index (χ3v) is 3.04. The average molecular weight is 286 g/mol. The SMILES string of the molecule is C=CC(=O)OCC(O)COCCCCCCCCCC. The predicted octanol–water partition coefficient (Wildman–Crippen LogP) is 3.23. The first-order valence-corrected chi connectivity index (χ1v) is 7.75. The van der Waals surface area contributed by atoms with Gasteiger partial charge in [0.1, 0.15) is 12.7 Å². The molecule has 0 heterocycles. The number of ether oxygens (including phenoxy) is 2. The summed E-state index contributed by atoms with van der Waals surface area (Å²) >= 11 is 0. The molecule has 0 radical (unpaired) electrons. The summed E-state index contributed by atoms with van der Waals surface area (Å²) in [6.45, 7) is 6.33. The zero-order valence-corrected chi connectivity index (χ0v) is 12.8. The largest absolute Gasteiger partial charge is 0.460 e. The minimum atomic E-state index is -0.757. The third-order valence-electron chi connectivity index (χ3n) is 3.04. The van der Waals surface area contributed by atoms with Crippen molar-refractivity contribution in [3.63, 3.8) is 0 Å². The zero-order valence-electron chi connectivity index (χ0n) is 12.8. The number of carbonyl (C=O) groups is 1. The standard InChI is InChI=1S/C16H30O4/c1-3-5-6-7-8-9-10-11-12-19-13-15(17)14-20-16(18)4-2/h4,15,17H,2-3,5-14H2,1H3. The van der Waals surface area contributed by atoms with E-state index in [-0.39, 0.29) is 13.2 Å². The first-order valence-electron chi connectivity index (χ1n) is 7.75. The Morgan fingerprint density at radius 2 is 1.70 bits per heavy atom. The Kier molecular flexibility index (Phi) is 13.9. The molecule has 0 aliphatic heterocycles. The lowest BCUT2D eigenvalue weighted by Gasteiger charge is -2.11. The highest BCUT2D eigenvalue weighted by atomic mass is 16.5. The van der Waals surface area contributed by atoms with E-state index in [2.05, 4.69) is 13.5 Å². The second kappa shape index (κ2) is 14.5. The van der Waals surface area contributed by atoms with Crippen LogP contribution in [0.25, 0.3) is 0 Å². The van der Waals surface area contributed by atoms with Crippen molar-refractivity contribution in [2.24, 2.45) is 0 Å². The Labute approximate surface area is 123 Å². The van der Waals surface area contributed by atoms with Gasteiger partial charge >= 0.3 is 5.97 Å². The van der Waals surface area contributed by atoms with Crippen LogP contribution in [0.3, 0.4) is 0 Å². The van der Waals surface area contributed by atoms with Crippen molar-refractivity contribution in [3.8, 4) is 0 Å². The maximum absolute atomic E-state index is 10.8. The van der Waals surface area contributed by atoms with Gasteiger partial charge in [0.2, 0.25) is 0 Å². The van der Waals surface area contributed by atoms with Crippen LogP contribution in [0.5, 0.6) is 0 Å². The van der Waals surface area contributed by atoms with Crippen molar-refractivity contribution in [3.05, 3.63) is 12.7 Å². The van der Waals surface area contributed by atoms with Crippen LogP contribution >= 0.6 is 0 Å². The lowest BCUT2D eigenvalue weighted by atomic mass is 10.1. The molecule has 0 saturated carbocycles. The van der Waals surface area contributed by atoms with E-state index >= 15 is 0 Å². The fraction of sp³-hybridized carbons (Fsp3) is 0.812. The average Bonchev–Trinajstić information content (AvgIpc) is 2.46. The fourth-order valence-electron chi connectivity index (χ4n) is 1.84. The highest BCUT2D eigenvalue weighted by molar-refractivity contribution is 5.81. The minimum Gasteiger partial charge on any atom is -0.460 e. The Bertz CT molecular complexity index is 241. The molecular formula is C16H30O4. The van der Waals surface area contributed by atoms with E-state index in [9.17, 15) is 9.90 Å². The molecule has 0 spiro atoms. The van der Waals surface area contributed by atoms with Gasteiger partial charge in [-0.1, -0.05) is 58.4 Å². The molecule has 0 rings (SSSR count). The number of carbonyl (C=O) groups excluding carboxylic acids is 1. The molecule has 0 aromatic heterocycles. The molecule has 0 amide bonds. The number of hydrogen-bond acceptors (Lipinski definition) is 4. The van der Waals surface area contributed by atoms with Gasteiger partial charge in [-0.3, -0.25) is 0 Å². The van der Waals surface area contributed by atoms with Gasteiger partial charge in [-0.2, -0.15) is 0 Å². The van der Waals surface area contributed by atoms with Gasteiger partial charge in [-0.15, -0.1) is 0 Å². The van der Waals surface area contributed by atoms with Crippen molar-refractivity contribution in [1.82, 2.24) is 0 Å². The number of aliphatic hydroxyl groups is 1. The number of hydrogen-bond donors (Lipinski definition) is 1. The van der Waals surface area contributed by atoms with Gasteiger partial charge in [0.05, 0.1) is 6.61 Å². The van der Waals surface area contributed by atoms with Crippen LogP contribution in [0.1, 0.15) is 58.3 Å². The molecule has 1 N–H and O–H groups in total. The topological polar surface area (TPSA) is 55.8 Å². The second-order valence-electron chi connectivity index (χ2n) is 5.04. The highest BCUT2D eigenvalue weighted by Crippen LogP contribution is 2.08. The van der Waals surface area contributed by atoms with Crippen molar-refractivity contribution in [2.45, 2.75) is 64.4 Å². The van der Waals surface area contributed by atoms with Crippen LogP contribution in [-0.4, -0.2) is 37.0 Å². The third kappa shape index (κ3) is 13.6. The minimum absolute atomic E-state index is 0.0394. The van der Waals surface area contributed by atoms with Crippen LogP contribution < -0.4 is 0 Å². The fourth-order valence-corrected chi connectivity index (χ4v) is 1.84. The summed E-state index contributed by atoms with van der Waals surface area (Å²) in [7, 11) is 0. The highest BCUT2D eigenvalue weighted by Gasteiger charge is 2.06. The summed E-state index contributed by atoms with van der Waals surface area (Å²) in [6, 6.07) is 0. The molecule has 0 saturated heterocycles. The molecule has 4 nitrogen and oxygen atoms in total. The van der Waals surface area contributed by atoms with Crippen molar-refractivity contribution >= 4 is 5.97 Å². The second-order valence-corrected chi connectivity index (χ2v) is 5.04. The van der Waals surface area contributed by atoms with E-state index in [1.165, 1.54) is 44.9 Å². The van der Waals surface area contributed by atoms with Crippen LogP contribution in [0.2, 0.25) is 0 Å². The summed E-state index contributed by atoms with van der Waals surface area (Å²) in [5, 5.41) is 9.48. The first-order chi connectivity index (χ1) is 9.70. The Morgan fingerprint density at radius 1 is 1.10 bits per heavy atom. The summed E-state index contributed by atoms with van der Waals surface area (Å²) < 4.78 is 10.0. The molecule has 20 heavy (non-hydrogen) atoms. The monoisotopic (exact) mass is 286 g/mol. The van der Waals surface area contributed by atoms with Gasteiger partial charge < -0.3 is 14.6 Å². The van der Waals surface area contributed by atoms with E-state index in [4.69, 9.17) is 9.47 Å². The molecule has 4 heteroatoms. The molecule has 0 aliphatic carbocycles. The number of esters is 1. The lowest BCUT2D eigenvalue weighted by Crippen LogP contribution is -2.23. The Hall–Kier alpha value is -0.870. The maximum Gasteiger partial charge on any atom is 0.330 e. The van der Waals surface area contributed by atoms with Crippen LogP contribution in [0.4, 0.5) is 0 Å². The number of rotatable bonds is 14. The molecule has 0 aromatic rings. The Balaban J connectivity index is 3.19. The van der Waals surface area contributed by atoms with Gasteiger partial charge in [0.25, 0.3) is 0 Å². The van der Waals surface area contributed by atoms with Gasteiger partial charge in [0, 0.05) is 12.7 Å². The van der Waals surface area contributed by atoms with E-state index in [0.29, 0.717) is 6.61 Å². The molecule has 0 bridgehead atoms. The Morgan fingerprint density at radius 3 is 2.30 bits per heavy atom. The molecule has 1 unspecified atom stereocenters.